The van der Waals surface area contributed by atoms with Crippen LogP contribution in [0.3, 0.4) is 0 Å². The number of aromatic nitrogens is 4. The van der Waals surface area contributed by atoms with Gasteiger partial charge in [0.1, 0.15) is 11.2 Å². The van der Waals surface area contributed by atoms with Crippen molar-refractivity contribution in [3.63, 3.8) is 0 Å². The van der Waals surface area contributed by atoms with Crippen LogP contribution in [0.2, 0.25) is 0 Å². The quantitative estimate of drug-likeness (QED) is 0.499. The van der Waals surface area contributed by atoms with Gasteiger partial charge in [0.2, 0.25) is 0 Å². The molecular weight excluding hydrogens is 352 g/mol. The monoisotopic (exact) mass is 374 g/mol. The summed E-state index contributed by atoms with van der Waals surface area (Å²) < 4.78 is 1.91. The van der Waals surface area contributed by atoms with Crippen molar-refractivity contribution in [2.45, 2.75) is 50.9 Å². The molecule has 136 valence electrons. The van der Waals surface area contributed by atoms with Gasteiger partial charge in [0.15, 0.2) is 11.5 Å². The maximum atomic E-state index is 5.02. The minimum Gasteiger partial charge on any atom is -0.225 e. The van der Waals surface area contributed by atoms with Gasteiger partial charge in [-0.2, -0.15) is 0 Å². The fourth-order valence-corrected chi connectivity index (χ4v) is 6.01. The Morgan fingerprint density at radius 1 is 1.19 bits per heavy atom. The summed E-state index contributed by atoms with van der Waals surface area (Å²) in [7, 11) is 0. The molecule has 0 amide bonds. The van der Waals surface area contributed by atoms with Crippen LogP contribution < -0.4 is 0 Å². The van der Waals surface area contributed by atoms with Crippen molar-refractivity contribution in [1.29, 1.82) is 0 Å². The number of hydrogen-bond donors (Lipinski definition) is 0. The highest BCUT2D eigenvalue weighted by molar-refractivity contribution is 7.19. The summed E-state index contributed by atoms with van der Waals surface area (Å²) in [5.41, 5.74) is 3.91. The van der Waals surface area contributed by atoms with Crippen molar-refractivity contribution in [3.05, 3.63) is 58.5 Å². The molecule has 0 saturated heterocycles. The van der Waals surface area contributed by atoms with Crippen molar-refractivity contribution in [3.8, 4) is 0 Å². The number of benzene rings is 1. The van der Waals surface area contributed by atoms with Crippen molar-refractivity contribution in [2.24, 2.45) is 5.92 Å². The average molecular weight is 375 g/mol. The molecular formula is C22H22N4S. The standard InChI is InChI=1S/C22H22N4S/c1-2-13-8-9-15-18(10-13)27-22-19(15)21-24-20(25-26(21)12-23-22)17-11-16(17)14-6-4-3-5-7-14/h3-7,12-13,16-17H,2,8-11H2,1H3/t13-,16+,17-/m1/s1. The van der Waals surface area contributed by atoms with E-state index in [0.717, 1.165) is 35.1 Å². The lowest BCUT2D eigenvalue weighted by Crippen LogP contribution is -2.11. The maximum Gasteiger partial charge on any atom is 0.167 e. The number of rotatable bonds is 3. The lowest BCUT2D eigenvalue weighted by molar-refractivity contribution is 0.451. The normalized spacial score (nSPS) is 24.4. The van der Waals surface area contributed by atoms with E-state index in [9.17, 15) is 0 Å². The molecule has 5 heteroatoms. The third kappa shape index (κ3) is 2.44. The fraction of sp³-hybridized carbons (Fsp3) is 0.409. The Morgan fingerprint density at radius 2 is 2.07 bits per heavy atom. The Bertz CT molecular complexity index is 1140. The second-order valence-electron chi connectivity index (χ2n) is 8.04. The molecule has 6 rings (SSSR count). The number of hydrogen-bond acceptors (Lipinski definition) is 4. The van der Waals surface area contributed by atoms with E-state index < -0.39 is 0 Å². The third-order valence-corrected chi connectivity index (χ3v) is 7.59. The van der Waals surface area contributed by atoms with Crippen LogP contribution in [-0.4, -0.2) is 19.6 Å². The third-order valence-electron chi connectivity index (χ3n) is 6.43. The van der Waals surface area contributed by atoms with Gasteiger partial charge in [0, 0.05) is 10.8 Å². The molecule has 2 aliphatic carbocycles. The molecule has 4 aromatic rings. The van der Waals surface area contributed by atoms with Crippen molar-refractivity contribution in [2.75, 3.05) is 0 Å². The van der Waals surface area contributed by atoms with Gasteiger partial charge in [-0.25, -0.2) is 14.5 Å². The summed E-state index contributed by atoms with van der Waals surface area (Å²) in [5.74, 6) is 2.82. The van der Waals surface area contributed by atoms with Crippen molar-refractivity contribution < 1.29 is 0 Å². The summed E-state index contributed by atoms with van der Waals surface area (Å²) >= 11 is 1.87. The van der Waals surface area contributed by atoms with E-state index in [0.29, 0.717) is 11.8 Å². The fourth-order valence-electron chi connectivity index (χ4n) is 4.71. The first-order valence-corrected chi connectivity index (χ1v) is 10.8. The molecule has 0 aliphatic heterocycles. The van der Waals surface area contributed by atoms with Crippen LogP contribution in [0.1, 0.15) is 59.9 Å². The molecule has 0 radical (unpaired) electrons. The van der Waals surface area contributed by atoms with Crippen LogP contribution in [0.5, 0.6) is 0 Å². The van der Waals surface area contributed by atoms with Gasteiger partial charge in [-0.05, 0) is 48.6 Å². The predicted octanol–water partition coefficient (Wildman–Crippen LogP) is 5.13. The Balaban J connectivity index is 1.42. The Kier molecular flexibility index (Phi) is 3.42. The van der Waals surface area contributed by atoms with E-state index in [1.54, 1.807) is 0 Å². The molecule has 27 heavy (non-hydrogen) atoms. The van der Waals surface area contributed by atoms with E-state index in [4.69, 9.17) is 15.1 Å². The lowest BCUT2D eigenvalue weighted by Gasteiger charge is -2.20. The topological polar surface area (TPSA) is 43.1 Å². The number of aryl methyl sites for hydroxylation is 1. The zero-order valence-corrected chi connectivity index (χ0v) is 16.2. The van der Waals surface area contributed by atoms with Crippen LogP contribution in [0.4, 0.5) is 0 Å². The maximum absolute atomic E-state index is 5.02. The Labute approximate surface area is 162 Å². The minimum atomic E-state index is 0.446. The summed E-state index contributed by atoms with van der Waals surface area (Å²) in [4.78, 5) is 12.4. The van der Waals surface area contributed by atoms with E-state index in [1.165, 1.54) is 40.7 Å². The molecule has 1 aromatic carbocycles. The SMILES string of the molecule is CC[C@@H]1CCc2c(sc3ncn4nc([C@@H]5C[C@H]5c5ccccc5)nc4c23)C1. The molecule has 0 bridgehead atoms. The Morgan fingerprint density at radius 3 is 2.93 bits per heavy atom. The molecule has 4 nitrogen and oxygen atoms in total. The molecule has 0 unspecified atom stereocenters. The number of nitrogens with zero attached hydrogens (tertiary/aromatic N) is 4. The summed E-state index contributed by atoms with van der Waals surface area (Å²) in [6, 6.07) is 10.8. The largest absolute Gasteiger partial charge is 0.225 e. The van der Waals surface area contributed by atoms with Gasteiger partial charge in [-0.3, -0.25) is 0 Å². The summed E-state index contributed by atoms with van der Waals surface area (Å²) in [6.45, 7) is 2.31. The van der Waals surface area contributed by atoms with E-state index in [-0.39, 0.29) is 0 Å². The molecule has 2 aliphatic rings. The average Bonchev–Trinajstić information content (AvgIpc) is 3.25. The van der Waals surface area contributed by atoms with Crippen molar-refractivity contribution >= 4 is 27.2 Å². The van der Waals surface area contributed by atoms with Gasteiger partial charge in [-0.15, -0.1) is 16.4 Å². The second-order valence-corrected chi connectivity index (χ2v) is 9.13. The first-order chi connectivity index (χ1) is 13.3. The molecule has 1 saturated carbocycles. The molecule has 0 N–H and O–H groups in total. The molecule has 3 atom stereocenters. The minimum absolute atomic E-state index is 0.446. The number of thiophene rings is 1. The van der Waals surface area contributed by atoms with Gasteiger partial charge in [0.05, 0.1) is 5.39 Å². The highest BCUT2D eigenvalue weighted by atomic mass is 32.1. The Hall–Kier alpha value is -2.27. The van der Waals surface area contributed by atoms with Crippen LogP contribution in [0.25, 0.3) is 15.9 Å². The van der Waals surface area contributed by atoms with Crippen LogP contribution in [0.15, 0.2) is 36.7 Å². The predicted molar refractivity (Wildman–Crippen MR) is 109 cm³/mol. The first kappa shape index (κ1) is 15.8. The van der Waals surface area contributed by atoms with Crippen LogP contribution >= 0.6 is 11.3 Å². The van der Waals surface area contributed by atoms with Gasteiger partial charge in [0.25, 0.3) is 0 Å². The highest BCUT2D eigenvalue weighted by Crippen LogP contribution is 2.53. The second kappa shape index (κ2) is 5.86. The van der Waals surface area contributed by atoms with E-state index >= 15 is 0 Å². The van der Waals surface area contributed by atoms with Crippen molar-refractivity contribution in [1.82, 2.24) is 19.6 Å². The van der Waals surface area contributed by atoms with Gasteiger partial charge in [-0.1, -0.05) is 43.7 Å². The zero-order chi connectivity index (χ0) is 18.0. The van der Waals surface area contributed by atoms with E-state index in [1.807, 2.05) is 22.2 Å². The summed E-state index contributed by atoms with van der Waals surface area (Å²) in [5, 5.41) is 6.07. The molecule has 3 heterocycles. The van der Waals surface area contributed by atoms with E-state index in [2.05, 4.69) is 37.3 Å². The van der Waals surface area contributed by atoms with Gasteiger partial charge < -0.3 is 0 Å². The first-order valence-electron chi connectivity index (χ1n) is 10.0. The van der Waals surface area contributed by atoms with Crippen LogP contribution in [0, 0.1) is 5.92 Å². The lowest BCUT2D eigenvalue weighted by atomic mass is 9.86. The van der Waals surface area contributed by atoms with Gasteiger partial charge >= 0.3 is 0 Å². The summed E-state index contributed by atoms with van der Waals surface area (Å²) in [6.07, 6.45) is 7.93. The molecule has 0 spiro atoms. The highest BCUT2D eigenvalue weighted by Gasteiger charge is 2.42. The molecule has 3 aromatic heterocycles. The number of fused-ring (bicyclic) bond motifs is 5. The molecule has 1 fully saturated rings. The smallest absolute Gasteiger partial charge is 0.167 e. The zero-order valence-electron chi connectivity index (χ0n) is 15.4. The van der Waals surface area contributed by atoms with Crippen LogP contribution in [-0.2, 0) is 12.8 Å².